The maximum Gasteiger partial charge on any atom is 3.00 e. The summed E-state index contributed by atoms with van der Waals surface area (Å²) >= 11 is 0. The first-order valence-electron chi connectivity index (χ1n) is 13.7. The van der Waals surface area contributed by atoms with Crippen LogP contribution in [0.4, 0.5) is 39.5 Å². The Morgan fingerprint density at radius 3 is 0.796 bits per heavy atom. The molecule has 0 bridgehead atoms. The summed E-state index contributed by atoms with van der Waals surface area (Å²) < 4.78 is 111. The van der Waals surface area contributed by atoms with Crippen molar-refractivity contribution in [1.82, 2.24) is 15.0 Å². The van der Waals surface area contributed by atoms with Crippen LogP contribution in [0.5, 0.6) is 0 Å². The zero-order chi connectivity index (χ0) is 34.8. The maximum absolute atomic E-state index is 12.3. The smallest absolute Gasteiger partial charge is 0.305 e. The van der Waals surface area contributed by atoms with Crippen molar-refractivity contribution >= 4 is 0 Å². The van der Waals surface area contributed by atoms with Crippen LogP contribution in [-0.2, 0) is 38.6 Å². The van der Waals surface area contributed by atoms with Crippen molar-refractivity contribution in [2.75, 3.05) is 0 Å². The third kappa shape index (κ3) is 11.7. The van der Waals surface area contributed by atoms with Crippen molar-refractivity contribution in [3.8, 4) is 33.8 Å². The second kappa shape index (κ2) is 17.0. The van der Waals surface area contributed by atoms with Crippen LogP contribution in [0.15, 0.2) is 128 Å². The van der Waals surface area contributed by atoms with Crippen LogP contribution in [0, 0.1) is 18.2 Å². The Kier molecular flexibility index (Phi) is 13.4. The third-order valence-electron chi connectivity index (χ3n) is 6.24. The average Bonchev–Trinajstić information content (AvgIpc) is 3.09. The van der Waals surface area contributed by atoms with Gasteiger partial charge in [-0.1, -0.05) is 36.4 Å². The maximum atomic E-state index is 12.3. The molecule has 3 nitrogen and oxygen atoms in total. The van der Waals surface area contributed by atoms with Gasteiger partial charge in [0, 0.05) is 18.6 Å². The molecule has 252 valence electrons. The molecule has 3 aromatic carbocycles. The van der Waals surface area contributed by atoms with Gasteiger partial charge in [-0.3, -0.25) is 0 Å². The van der Waals surface area contributed by atoms with Crippen molar-refractivity contribution in [3.63, 3.8) is 0 Å². The summed E-state index contributed by atoms with van der Waals surface area (Å²) in [6.07, 6.45) is -8.21. The van der Waals surface area contributed by atoms with Crippen LogP contribution in [0.25, 0.3) is 33.8 Å². The van der Waals surface area contributed by atoms with E-state index in [4.69, 9.17) is 0 Å². The Morgan fingerprint density at radius 2 is 0.633 bits per heavy atom. The van der Waals surface area contributed by atoms with Gasteiger partial charge in [0.25, 0.3) is 0 Å². The van der Waals surface area contributed by atoms with Gasteiger partial charge in [0.15, 0.2) is 0 Å². The zero-order valence-corrected chi connectivity index (χ0v) is 27.1. The Bertz CT molecular complexity index is 1610. The standard InChI is InChI=1S/3C12H7F3N.Ir/c3*13-12(14,15)10-6-4-9(5-7-10)11-3-1-2-8-16-11;/h3*1-4,6-8H;/q3*-1;+3. The van der Waals surface area contributed by atoms with Gasteiger partial charge in [-0.15, -0.1) is 89.5 Å². The third-order valence-corrected chi connectivity index (χ3v) is 6.24. The Morgan fingerprint density at radius 1 is 0.367 bits per heavy atom. The van der Waals surface area contributed by atoms with E-state index in [2.05, 4.69) is 33.2 Å². The number of alkyl halides is 9. The Balaban J connectivity index is 0.000000197. The molecule has 0 spiro atoms. The number of hydrogen-bond donors (Lipinski definition) is 0. The molecule has 0 unspecified atom stereocenters. The summed E-state index contributed by atoms with van der Waals surface area (Å²) in [6, 6.07) is 33.4. The fourth-order valence-electron chi connectivity index (χ4n) is 3.85. The van der Waals surface area contributed by atoms with E-state index in [1.807, 2.05) is 0 Å². The van der Waals surface area contributed by atoms with Gasteiger partial charge in [0.1, 0.15) is 0 Å². The summed E-state index contributed by atoms with van der Waals surface area (Å²) in [4.78, 5) is 12.1. The van der Waals surface area contributed by atoms with Crippen molar-refractivity contribution in [2.24, 2.45) is 0 Å². The van der Waals surface area contributed by atoms with Crippen LogP contribution in [0.2, 0.25) is 0 Å². The fraction of sp³-hybridized carbons (Fsp3) is 0.0833. The molecular weight excluding hydrogens is 838 g/mol. The van der Waals surface area contributed by atoms with Gasteiger partial charge in [-0.2, -0.15) is 39.5 Å². The second-order valence-electron chi connectivity index (χ2n) is 9.61. The van der Waals surface area contributed by atoms with Crippen molar-refractivity contribution in [2.45, 2.75) is 18.5 Å². The molecule has 6 aromatic rings. The number of rotatable bonds is 3. The molecule has 0 radical (unpaired) electrons. The molecule has 3 heterocycles. The number of halogens is 9. The largest absolute Gasteiger partial charge is 3.00 e. The first-order valence-corrected chi connectivity index (χ1v) is 13.7. The summed E-state index contributed by atoms with van der Waals surface area (Å²) in [7, 11) is 0. The van der Waals surface area contributed by atoms with Crippen LogP contribution >= 0.6 is 0 Å². The fourth-order valence-corrected chi connectivity index (χ4v) is 3.85. The van der Waals surface area contributed by atoms with Gasteiger partial charge >= 0.3 is 38.6 Å². The number of pyridine rings is 3. The molecular formula is C36H21F9IrN3. The van der Waals surface area contributed by atoms with Crippen molar-refractivity contribution < 1.29 is 59.6 Å². The van der Waals surface area contributed by atoms with Gasteiger partial charge in [0.05, 0.1) is 0 Å². The van der Waals surface area contributed by atoms with E-state index in [-0.39, 0.29) is 20.1 Å². The molecule has 0 atom stereocenters. The number of aromatic nitrogens is 3. The van der Waals surface area contributed by atoms with E-state index in [0.717, 1.165) is 36.4 Å². The van der Waals surface area contributed by atoms with Gasteiger partial charge in [-0.05, 0) is 52.0 Å². The predicted octanol–water partition coefficient (Wildman–Crippen LogP) is 10.7. The predicted molar refractivity (Wildman–Crippen MR) is 161 cm³/mol. The molecule has 3 aromatic heterocycles. The molecule has 6 rings (SSSR count). The second-order valence-corrected chi connectivity index (χ2v) is 9.61. The van der Waals surface area contributed by atoms with E-state index < -0.39 is 35.2 Å². The summed E-state index contributed by atoms with van der Waals surface area (Å²) in [6.45, 7) is 0. The van der Waals surface area contributed by atoms with Crippen molar-refractivity contribution in [3.05, 3.63) is 163 Å². The topological polar surface area (TPSA) is 38.7 Å². The Hall–Kier alpha value is -4.87. The minimum atomic E-state index is -4.32. The molecule has 49 heavy (non-hydrogen) atoms. The molecule has 0 saturated heterocycles. The number of hydrogen-bond acceptors (Lipinski definition) is 3. The molecule has 0 aliphatic carbocycles. The van der Waals surface area contributed by atoms with Crippen LogP contribution in [0.3, 0.4) is 0 Å². The summed E-state index contributed by atoms with van der Waals surface area (Å²) in [5, 5.41) is 0. The molecule has 0 N–H and O–H groups in total. The summed E-state index contributed by atoms with van der Waals surface area (Å²) in [5.74, 6) is 0. The van der Waals surface area contributed by atoms with E-state index in [0.29, 0.717) is 33.8 Å². The zero-order valence-electron chi connectivity index (χ0n) is 24.7. The quantitative estimate of drug-likeness (QED) is 0.131. The molecule has 0 amide bonds. The SMILES string of the molecule is FC(F)(F)c1c[c-]c(-c2ccccn2)cc1.FC(F)(F)c1c[c-]c(-c2ccccn2)cc1.FC(F)(F)c1c[c-]c(-c2ccccn2)cc1.[Ir+3]. The van der Waals surface area contributed by atoms with Crippen molar-refractivity contribution in [1.29, 1.82) is 0 Å². The molecule has 13 heteroatoms. The monoisotopic (exact) mass is 859 g/mol. The van der Waals surface area contributed by atoms with Gasteiger partial charge in [-0.25, -0.2) is 0 Å². The number of benzene rings is 3. The van der Waals surface area contributed by atoms with E-state index in [1.165, 1.54) is 18.2 Å². The molecule has 0 fully saturated rings. The van der Waals surface area contributed by atoms with Gasteiger partial charge in [0.2, 0.25) is 0 Å². The minimum absolute atomic E-state index is 0. The van der Waals surface area contributed by atoms with Crippen LogP contribution in [-0.4, -0.2) is 15.0 Å². The van der Waals surface area contributed by atoms with Crippen LogP contribution < -0.4 is 0 Å². The first kappa shape index (κ1) is 38.6. The summed E-state index contributed by atoms with van der Waals surface area (Å²) in [5.41, 5.74) is 1.37. The average molecular weight is 859 g/mol. The van der Waals surface area contributed by atoms with E-state index in [1.54, 1.807) is 73.2 Å². The molecule has 0 saturated carbocycles. The molecule has 0 aliphatic rings. The van der Waals surface area contributed by atoms with Crippen LogP contribution in [0.1, 0.15) is 16.7 Å². The molecule has 0 aliphatic heterocycles. The van der Waals surface area contributed by atoms with E-state index >= 15 is 0 Å². The number of nitrogens with zero attached hydrogens (tertiary/aromatic N) is 3. The van der Waals surface area contributed by atoms with E-state index in [9.17, 15) is 39.5 Å². The minimum Gasteiger partial charge on any atom is -0.305 e. The normalized spacial score (nSPS) is 11.2. The van der Waals surface area contributed by atoms with Gasteiger partial charge < -0.3 is 15.0 Å². The first-order chi connectivity index (χ1) is 22.7. The Labute approximate surface area is 288 Å².